The number of unbranched alkanes of at least 4 members (excludes halogenated alkanes) is 1. The largest absolute Gasteiger partial charge is 0.480 e. The Kier molecular flexibility index (Phi) is 18.8. The molecular formula is C31H51N5O7S. The van der Waals surface area contributed by atoms with Gasteiger partial charge in [-0.25, -0.2) is 4.79 Å². The minimum absolute atomic E-state index is 0.0400. The normalized spacial score (nSPS) is 13.8. The Labute approximate surface area is 265 Å². The highest BCUT2D eigenvalue weighted by molar-refractivity contribution is 7.98. The van der Waals surface area contributed by atoms with Crippen molar-refractivity contribution < 1.29 is 33.8 Å². The zero-order chi connectivity index (χ0) is 33.1. The summed E-state index contributed by atoms with van der Waals surface area (Å²) in [5, 5.41) is 20.0. The smallest absolute Gasteiger partial charge is 0.407 e. The molecule has 0 spiro atoms. The second-order valence-corrected chi connectivity index (χ2v) is 12.6. The van der Waals surface area contributed by atoms with Gasteiger partial charge in [0, 0.05) is 13.0 Å². The maximum absolute atomic E-state index is 13.6. The van der Waals surface area contributed by atoms with E-state index in [4.69, 9.17) is 15.6 Å². The van der Waals surface area contributed by atoms with E-state index in [1.807, 2.05) is 64.3 Å². The molecule has 0 aliphatic rings. The van der Waals surface area contributed by atoms with E-state index in [-0.39, 0.29) is 37.8 Å². The third-order valence-corrected chi connectivity index (χ3v) is 7.22. The molecule has 4 atom stereocenters. The average molecular weight is 638 g/mol. The number of carboxylic acids is 1. The van der Waals surface area contributed by atoms with Gasteiger partial charge in [-0.15, -0.1) is 0 Å². The lowest BCUT2D eigenvalue weighted by Crippen LogP contribution is -2.57. The molecular weight excluding hydrogens is 586 g/mol. The highest BCUT2D eigenvalue weighted by Gasteiger charge is 2.30. The van der Waals surface area contributed by atoms with Crippen LogP contribution in [0.25, 0.3) is 0 Å². The van der Waals surface area contributed by atoms with Crippen molar-refractivity contribution >= 4 is 41.5 Å². The molecule has 0 aromatic heterocycles. The summed E-state index contributed by atoms with van der Waals surface area (Å²) < 4.78 is 5.19. The molecule has 0 radical (unpaired) electrons. The number of benzene rings is 1. The zero-order valence-corrected chi connectivity index (χ0v) is 27.4. The van der Waals surface area contributed by atoms with Crippen LogP contribution in [0, 0.1) is 11.8 Å². The van der Waals surface area contributed by atoms with Crippen molar-refractivity contribution in [2.45, 2.75) is 90.4 Å². The van der Waals surface area contributed by atoms with E-state index in [0.717, 1.165) is 5.56 Å². The molecule has 1 aromatic rings. The maximum Gasteiger partial charge on any atom is 0.407 e. The predicted octanol–water partition coefficient (Wildman–Crippen LogP) is 2.45. The van der Waals surface area contributed by atoms with Crippen LogP contribution in [-0.4, -0.2) is 84.2 Å². The maximum atomic E-state index is 13.6. The Morgan fingerprint density at radius 3 is 2.07 bits per heavy atom. The van der Waals surface area contributed by atoms with Gasteiger partial charge in [-0.3, -0.25) is 19.2 Å². The van der Waals surface area contributed by atoms with Gasteiger partial charge in [0.15, 0.2) is 0 Å². The second-order valence-electron chi connectivity index (χ2n) is 11.6. The summed E-state index contributed by atoms with van der Waals surface area (Å²) in [6.45, 7) is 8.15. The summed E-state index contributed by atoms with van der Waals surface area (Å²) in [6, 6.07) is 5.52. The molecule has 248 valence electrons. The van der Waals surface area contributed by atoms with Gasteiger partial charge in [0.1, 0.15) is 24.2 Å². The molecule has 13 heteroatoms. The van der Waals surface area contributed by atoms with Gasteiger partial charge in [-0.1, -0.05) is 58.0 Å². The molecule has 0 saturated carbocycles. The quantitative estimate of drug-likeness (QED) is 0.110. The first-order chi connectivity index (χ1) is 20.8. The second kappa shape index (κ2) is 21.4. The van der Waals surface area contributed by atoms with Crippen molar-refractivity contribution in [3.05, 3.63) is 35.9 Å². The summed E-state index contributed by atoms with van der Waals surface area (Å²) >= 11 is 1.52. The first-order valence-corrected chi connectivity index (χ1v) is 16.6. The van der Waals surface area contributed by atoms with Gasteiger partial charge in [0.05, 0.1) is 6.61 Å². The number of amides is 4. The van der Waals surface area contributed by atoms with Crippen LogP contribution in [0.3, 0.4) is 0 Å². The van der Waals surface area contributed by atoms with Crippen molar-refractivity contribution in [1.82, 2.24) is 21.3 Å². The molecule has 0 saturated heterocycles. The number of nitrogens with two attached hydrogens (primary N) is 1. The molecule has 1 aromatic carbocycles. The molecule has 0 bridgehead atoms. The molecule has 4 unspecified atom stereocenters. The van der Waals surface area contributed by atoms with Crippen LogP contribution >= 0.6 is 11.8 Å². The van der Waals surface area contributed by atoms with Gasteiger partial charge >= 0.3 is 12.1 Å². The summed E-state index contributed by atoms with van der Waals surface area (Å²) in [5.74, 6) is -1.71. The fourth-order valence-electron chi connectivity index (χ4n) is 4.18. The zero-order valence-electron chi connectivity index (χ0n) is 26.6. The molecule has 0 aliphatic heterocycles. The van der Waals surface area contributed by atoms with Crippen molar-refractivity contribution in [2.24, 2.45) is 17.6 Å². The van der Waals surface area contributed by atoms with Crippen molar-refractivity contribution in [3.8, 4) is 0 Å². The summed E-state index contributed by atoms with van der Waals surface area (Å²) in [7, 11) is 0. The summed E-state index contributed by atoms with van der Waals surface area (Å²) in [4.78, 5) is 63.4. The van der Waals surface area contributed by atoms with Gasteiger partial charge in [0.2, 0.25) is 17.7 Å². The van der Waals surface area contributed by atoms with Gasteiger partial charge in [-0.2, -0.15) is 11.8 Å². The molecule has 7 N–H and O–H groups in total. The fraction of sp³-hybridized carbons (Fsp3) is 0.645. The van der Waals surface area contributed by atoms with Crippen LogP contribution in [0.2, 0.25) is 0 Å². The van der Waals surface area contributed by atoms with E-state index in [1.54, 1.807) is 0 Å². The number of carboxylic acid groups (broad SMARTS) is 1. The number of rotatable bonds is 21. The van der Waals surface area contributed by atoms with Crippen LogP contribution in [0.1, 0.15) is 65.4 Å². The number of ether oxygens (including phenoxy) is 1. The third-order valence-electron chi connectivity index (χ3n) is 6.58. The van der Waals surface area contributed by atoms with E-state index >= 15 is 0 Å². The third kappa shape index (κ3) is 16.5. The van der Waals surface area contributed by atoms with Crippen LogP contribution < -0.4 is 27.0 Å². The number of thioether (sulfide) groups is 1. The van der Waals surface area contributed by atoms with E-state index in [2.05, 4.69) is 21.3 Å². The number of carbonyl (C=O) groups is 5. The molecule has 12 nitrogen and oxygen atoms in total. The number of nitrogens with one attached hydrogen (secondary N) is 4. The van der Waals surface area contributed by atoms with Crippen LogP contribution in [-0.2, 0) is 30.3 Å². The lowest BCUT2D eigenvalue weighted by atomic mass is 10.0. The van der Waals surface area contributed by atoms with Crippen molar-refractivity contribution in [2.75, 3.05) is 25.2 Å². The monoisotopic (exact) mass is 637 g/mol. The van der Waals surface area contributed by atoms with E-state index in [9.17, 15) is 24.0 Å². The lowest BCUT2D eigenvalue weighted by Gasteiger charge is -2.26. The van der Waals surface area contributed by atoms with Crippen molar-refractivity contribution in [3.63, 3.8) is 0 Å². The fourth-order valence-corrected chi connectivity index (χ4v) is 4.66. The highest BCUT2D eigenvalue weighted by Crippen LogP contribution is 2.10. The molecule has 4 amide bonds. The Morgan fingerprint density at radius 1 is 0.841 bits per heavy atom. The summed E-state index contributed by atoms with van der Waals surface area (Å²) in [6.07, 6.45) is 3.40. The van der Waals surface area contributed by atoms with Gasteiger partial charge < -0.3 is 36.8 Å². The lowest BCUT2D eigenvalue weighted by molar-refractivity contribution is -0.138. The minimum Gasteiger partial charge on any atom is -0.480 e. The van der Waals surface area contributed by atoms with Crippen molar-refractivity contribution in [1.29, 1.82) is 0 Å². The van der Waals surface area contributed by atoms with E-state index in [0.29, 0.717) is 31.4 Å². The predicted molar refractivity (Wildman–Crippen MR) is 172 cm³/mol. The summed E-state index contributed by atoms with van der Waals surface area (Å²) in [5.41, 5.74) is 6.38. The Morgan fingerprint density at radius 2 is 1.48 bits per heavy atom. The van der Waals surface area contributed by atoms with Gasteiger partial charge in [-0.05, 0) is 61.5 Å². The van der Waals surface area contributed by atoms with E-state index < -0.39 is 54.0 Å². The van der Waals surface area contributed by atoms with Gasteiger partial charge in [0.25, 0.3) is 0 Å². The SMILES string of the molecule is CSCCC(NC(=O)OCC(C)C)C(=O)NC(CC(C)C)C(=O)NC(Cc1ccccc1)C(=O)NCCCCC(N)C(=O)O. The number of carbonyl (C=O) groups excluding carboxylic acids is 4. The number of alkyl carbamates (subject to hydrolysis) is 1. The molecule has 0 heterocycles. The van der Waals surface area contributed by atoms with Crippen LogP contribution in [0.5, 0.6) is 0 Å². The van der Waals surface area contributed by atoms with E-state index in [1.165, 1.54) is 11.8 Å². The Balaban J connectivity index is 3.00. The van der Waals surface area contributed by atoms with Crippen LogP contribution in [0.4, 0.5) is 4.79 Å². The number of hydrogen-bond donors (Lipinski definition) is 6. The molecule has 44 heavy (non-hydrogen) atoms. The first-order valence-electron chi connectivity index (χ1n) is 15.2. The minimum atomic E-state index is -1.07. The topological polar surface area (TPSA) is 189 Å². The highest BCUT2D eigenvalue weighted by atomic mass is 32.2. The van der Waals surface area contributed by atoms with Crippen LogP contribution in [0.15, 0.2) is 30.3 Å². The molecule has 0 aliphatic carbocycles. The standard InChI is InChI=1S/C31H51N5O7S/c1-20(2)17-25(34-28(38)24(14-16-44-5)36-31(42)43-19-21(3)4)29(39)35-26(18-22-11-7-6-8-12-22)27(37)33-15-10-9-13-23(32)30(40)41/h6-8,11-12,20-21,23-26H,9-10,13-19,32H2,1-5H3,(H,33,37)(H,34,38)(H,35,39)(H,36,42)(H,40,41). The average Bonchev–Trinajstić information content (AvgIpc) is 2.97. The number of aliphatic carboxylic acids is 1. The first kappa shape index (κ1) is 38.7. The molecule has 1 rings (SSSR count). The number of hydrogen-bond acceptors (Lipinski definition) is 8. The molecule has 0 fully saturated rings. The Hall–Kier alpha value is -3.32. The Bertz CT molecular complexity index is 1040.